The van der Waals surface area contributed by atoms with Gasteiger partial charge in [0.05, 0.1) is 21.0 Å². The summed E-state index contributed by atoms with van der Waals surface area (Å²) in [5, 5.41) is 1.75. The normalized spacial score (nSPS) is 13.0. The summed E-state index contributed by atoms with van der Waals surface area (Å²) < 4.78 is 34.4. The maximum Gasteiger partial charge on any atom is 1.00 e. The molecular weight excluding hydrogens is 319 g/mol. The van der Waals surface area contributed by atoms with Crippen molar-refractivity contribution >= 4 is 36.6 Å². The van der Waals surface area contributed by atoms with E-state index in [1.54, 1.807) is 6.07 Å². The molecule has 1 aromatic carbocycles. The molecule has 3 nitrogen and oxygen atoms in total. The van der Waals surface area contributed by atoms with Crippen molar-refractivity contribution < 1.29 is 64.4 Å². The molecule has 19 heavy (non-hydrogen) atoms. The molecule has 0 N–H and O–H groups in total. The first-order valence-electron chi connectivity index (χ1n) is 5.94. The molecule has 7 heteroatoms. The summed E-state index contributed by atoms with van der Waals surface area (Å²) in [5.41, 5.74) is 0. The molecule has 1 rings (SSSR count). The maximum atomic E-state index is 11.5. The van der Waals surface area contributed by atoms with Crippen LogP contribution in [0.1, 0.15) is 0 Å². The first-order valence-corrected chi connectivity index (χ1v) is 14.4. The third kappa shape index (κ3) is 5.48. The van der Waals surface area contributed by atoms with Gasteiger partial charge in [-0.1, -0.05) is 56.6 Å². The van der Waals surface area contributed by atoms with Crippen LogP contribution < -0.4 is 61.8 Å². The molecule has 0 aliphatic heterocycles. The van der Waals surface area contributed by atoms with Crippen molar-refractivity contribution in [2.75, 3.05) is 0 Å². The Bertz CT molecular complexity index is 557. The van der Waals surface area contributed by atoms with E-state index in [9.17, 15) is 13.0 Å². The third-order valence-corrected chi connectivity index (χ3v) is 8.08. The largest absolute Gasteiger partial charge is 1.00 e. The van der Waals surface area contributed by atoms with Gasteiger partial charge in [0.25, 0.3) is 0 Å². The summed E-state index contributed by atoms with van der Waals surface area (Å²) in [5.74, 6) is 0. The molecule has 1 aromatic rings. The summed E-state index contributed by atoms with van der Waals surface area (Å²) in [7, 11) is -7.84. The van der Waals surface area contributed by atoms with E-state index in [1.165, 1.54) is 0 Å². The van der Waals surface area contributed by atoms with E-state index in [-0.39, 0.29) is 56.3 Å². The first-order chi connectivity index (χ1) is 7.83. The van der Waals surface area contributed by atoms with Crippen molar-refractivity contribution in [3.05, 3.63) is 18.2 Å². The molecule has 0 bridgehead atoms. The van der Waals surface area contributed by atoms with E-state index in [0.29, 0.717) is 0 Å². The van der Waals surface area contributed by atoms with Gasteiger partial charge in [-0.15, -0.1) is 0 Å². The van der Waals surface area contributed by atoms with Gasteiger partial charge in [-0.3, -0.25) is 0 Å². The van der Waals surface area contributed by atoms with E-state index >= 15 is 0 Å². The fourth-order valence-corrected chi connectivity index (χ4v) is 6.38. The van der Waals surface area contributed by atoms with Crippen molar-refractivity contribution in [2.45, 2.75) is 44.2 Å². The van der Waals surface area contributed by atoms with Crippen LogP contribution >= 0.6 is 0 Å². The Kier molecular flexibility index (Phi) is 6.95. The van der Waals surface area contributed by atoms with Crippen LogP contribution in [0.15, 0.2) is 23.1 Å². The smallest absolute Gasteiger partial charge is 0.744 e. The van der Waals surface area contributed by atoms with E-state index in [2.05, 4.69) is 19.6 Å². The number of hydrogen-bond donors (Lipinski definition) is 0. The van der Waals surface area contributed by atoms with Gasteiger partial charge in [0.2, 0.25) is 0 Å². The molecule has 0 heterocycles. The van der Waals surface area contributed by atoms with Crippen molar-refractivity contribution in [3.63, 3.8) is 0 Å². The van der Waals surface area contributed by atoms with Gasteiger partial charge < -0.3 is 4.55 Å². The predicted molar refractivity (Wildman–Crippen MR) is 80.4 cm³/mol. The minimum absolute atomic E-state index is 0. The molecule has 102 valence electrons. The van der Waals surface area contributed by atoms with E-state index in [1.807, 2.05) is 31.8 Å². The average Bonchev–Trinajstić information content (AvgIpc) is 2.12. The minimum atomic E-state index is -4.39. The Labute approximate surface area is 161 Å². The molecular formula is C12H21KO3SSi2. The molecule has 0 unspecified atom stereocenters. The molecule has 0 fully saturated rings. The zero-order chi connectivity index (χ0) is 14.4. The molecule has 0 aliphatic rings. The maximum absolute atomic E-state index is 11.5. The molecule has 0 amide bonds. The van der Waals surface area contributed by atoms with Crippen molar-refractivity contribution in [1.82, 2.24) is 0 Å². The predicted octanol–water partition coefficient (Wildman–Crippen LogP) is -1.31. The second-order valence-corrected chi connectivity index (χ2v) is 18.1. The number of hydrogen-bond acceptors (Lipinski definition) is 3. The first kappa shape index (κ1) is 20.2. The monoisotopic (exact) mass is 340 g/mol. The third-order valence-electron chi connectivity index (χ3n) is 2.92. The Hall–Kier alpha value is 1.20. The van der Waals surface area contributed by atoms with Gasteiger partial charge in [0.15, 0.2) is 0 Å². The van der Waals surface area contributed by atoms with Crippen molar-refractivity contribution in [2.24, 2.45) is 0 Å². The van der Waals surface area contributed by atoms with Crippen LogP contribution in [0.5, 0.6) is 0 Å². The molecule has 0 saturated heterocycles. The zero-order valence-electron chi connectivity index (χ0n) is 12.9. The second kappa shape index (κ2) is 6.53. The van der Waals surface area contributed by atoms with Crippen LogP contribution in [0, 0.1) is 0 Å². The SMILES string of the molecule is C[Si](C)(C)c1ccc([Si](C)(C)C)c(S(=O)(=O)[O-])c1.[K+]. The molecule has 0 saturated carbocycles. The van der Waals surface area contributed by atoms with Gasteiger partial charge >= 0.3 is 51.4 Å². The van der Waals surface area contributed by atoms with Crippen LogP contribution in [-0.4, -0.2) is 29.1 Å². The number of benzene rings is 1. The topological polar surface area (TPSA) is 57.2 Å². The second-order valence-electron chi connectivity index (χ2n) is 6.67. The van der Waals surface area contributed by atoms with E-state index in [4.69, 9.17) is 0 Å². The molecule has 0 radical (unpaired) electrons. The van der Waals surface area contributed by atoms with Crippen molar-refractivity contribution in [1.29, 1.82) is 0 Å². The van der Waals surface area contributed by atoms with E-state index in [0.717, 1.165) is 10.4 Å². The fraction of sp³-hybridized carbons (Fsp3) is 0.500. The summed E-state index contributed by atoms with van der Waals surface area (Å²) in [6, 6.07) is 5.46. The van der Waals surface area contributed by atoms with E-state index < -0.39 is 26.3 Å². The Morgan fingerprint density at radius 3 is 1.74 bits per heavy atom. The fourth-order valence-electron chi connectivity index (χ4n) is 1.82. The molecule has 0 atom stereocenters. The Morgan fingerprint density at radius 2 is 1.42 bits per heavy atom. The molecule has 0 aliphatic carbocycles. The Morgan fingerprint density at radius 1 is 0.947 bits per heavy atom. The van der Waals surface area contributed by atoms with Crippen molar-refractivity contribution in [3.8, 4) is 0 Å². The molecule has 0 aromatic heterocycles. The van der Waals surface area contributed by atoms with Crippen LogP contribution in [0.2, 0.25) is 39.3 Å². The van der Waals surface area contributed by atoms with Gasteiger partial charge in [0, 0.05) is 0 Å². The van der Waals surface area contributed by atoms with Crippen LogP contribution in [0.3, 0.4) is 0 Å². The summed E-state index contributed by atoms with van der Waals surface area (Å²) in [6.45, 7) is 12.6. The standard InChI is InChI=1S/C12H22O3SSi2.K/c1-17(2,3)10-7-8-12(18(4,5)6)11(9-10)16(13,14)15;/h7-9H,1-6H3,(H,13,14,15);/q;+1/p-1. The zero-order valence-corrected chi connectivity index (χ0v) is 18.8. The quantitative estimate of drug-likeness (QED) is 0.507. The summed E-state index contributed by atoms with van der Waals surface area (Å²) >= 11 is 0. The number of rotatable bonds is 3. The van der Waals surface area contributed by atoms with Crippen LogP contribution in [-0.2, 0) is 10.1 Å². The van der Waals surface area contributed by atoms with Gasteiger partial charge in [-0.05, 0) is 11.3 Å². The summed E-state index contributed by atoms with van der Waals surface area (Å²) in [4.78, 5) is 0.00147. The van der Waals surface area contributed by atoms with Crippen LogP contribution in [0.25, 0.3) is 0 Å². The van der Waals surface area contributed by atoms with Gasteiger partial charge in [0.1, 0.15) is 10.1 Å². The molecule has 0 spiro atoms. The van der Waals surface area contributed by atoms with Gasteiger partial charge in [-0.25, -0.2) is 8.42 Å². The Balaban J connectivity index is 0.00000324. The summed E-state index contributed by atoms with van der Waals surface area (Å²) in [6.07, 6.45) is 0. The van der Waals surface area contributed by atoms with Crippen LogP contribution in [0.4, 0.5) is 0 Å². The average molecular weight is 341 g/mol. The minimum Gasteiger partial charge on any atom is -0.744 e. The van der Waals surface area contributed by atoms with Gasteiger partial charge in [-0.2, -0.15) is 0 Å².